The zero-order valence-corrected chi connectivity index (χ0v) is 21.1. The molecule has 1 aromatic carbocycles. The molecule has 2 unspecified atom stereocenters. The van der Waals surface area contributed by atoms with Crippen molar-refractivity contribution in [3.8, 4) is 6.07 Å². The Morgan fingerprint density at radius 1 is 1.22 bits per heavy atom. The van der Waals surface area contributed by atoms with Gasteiger partial charge in [0.15, 0.2) is 0 Å². The number of piperidine rings is 1. The van der Waals surface area contributed by atoms with Crippen LogP contribution >= 0.6 is 11.6 Å². The standard InChI is InChI=1S/C27H32ClN5O3/c28-19-7-6-17-12-22(32-21(17)13-19)26(36)33-16-27(8-2-1-3-9-27)14-23(33)25(35)31-20(15-29)11-18-5-4-10-30-24(18)34/h6-7,12-13,18,20,23,32H,1-5,8-11,14,16H2,(H,30,34)(H,31,35)/t18?,20-,23?/m0/s1. The molecule has 1 aliphatic carbocycles. The Kier molecular flexibility index (Phi) is 6.94. The Morgan fingerprint density at radius 2 is 2.03 bits per heavy atom. The van der Waals surface area contributed by atoms with E-state index in [9.17, 15) is 19.6 Å². The molecule has 3 N–H and O–H groups in total. The third-order valence-corrected chi connectivity index (χ3v) is 8.43. The summed E-state index contributed by atoms with van der Waals surface area (Å²) in [5.74, 6) is -0.876. The SMILES string of the molecule is N#C[C@H](CC1CCCNC1=O)NC(=O)C1CC2(CCCCC2)CN1C(=O)c1cc2ccc(Cl)cc2[nH]1. The van der Waals surface area contributed by atoms with E-state index in [-0.39, 0.29) is 35.5 Å². The van der Waals surface area contributed by atoms with Crippen molar-refractivity contribution in [1.29, 1.82) is 5.26 Å². The molecule has 3 amide bonds. The van der Waals surface area contributed by atoms with Gasteiger partial charge in [-0.3, -0.25) is 14.4 Å². The van der Waals surface area contributed by atoms with Crippen molar-refractivity contribution in [2.24, 2.45) is 11.3 Å². The molecule has 3 heterocycles. The van der Waals surface area contributed by atoms with Gasteiger partial charge in [-0.15, -0.1) is 0 Å². The highest BCUT2D eigenvalue weighted by molar-refractivity contribution is 6.31. The number of carbonyl (C=O) groups is 3. The van der Waals surface area contributed by atoms with Crippen LogP contribution in [0, 0.1) is 22.7 Å². The minimum absolute atomic E-state index is 0.0616. The second kappa shape index (κ2) is 10.1. The molecule has 36 heavy (non-hydrogen) atoms. The van der Waals surface area contributed by atoms with Crippen LogP contribution in [0.2, 0.25) is 5.02 Å². The maximum atomic E-state index is 13.7. The summed E-state index contributed by atoms with van der Waals surface area (Å²) in [7, 11) is 0. The Balaban J connectivity index is 1.36. The van der Waals surface area contributed by atoms with Crippen molar-refractivity contribution in [3.63, 3.8) is 0 Å². The number of halogens is 1. The number of likely N-dealkylation sites (tertiary alicyclic amines) is 1. The second-order valence-electron chi connectivity index (χ2n) is 10.7. The van der Waals surface area contributed by atoms with Crippen LogP contribution in [0.25, 0.3) is 10.9 Å². The molecule has 2 aliphatic heterocycles. The van der Waals surface area contributed by atoms with Gasteiger partial charge in [0, 0.05) is 34.9 Å². The Hall–Kier alpha value is -3.05. The number of nitriles is 1. The minimum Gasteiger partial charge on any atom is -0.356 e. The van der Waals surface area contributed by atoms with Crippen LogP contribution in [0.3, 0.4) is 0 Å². The topological polar surface area (TPSA) is 118 Å². The minimum atomic E-state index is -0.776. The predicted molar refractivity (Wildman–Crippen MR) is 136 cm³/mol. The molecule has 9 heteroatoms. The lowest BCUT2D eigenvalue weighted by Crippen LogP contribution is -2.49. The van der Waals surface area contributed by atoms with E-state index in [1.54, 1.807) is 23.1 Å². The summed E-state index contributed by atoms with van der Waals surface area (Å²) in [5.41, 5.74) is 1.12. The molecule has 8 nitrogen and oxygen atoms in total. The molecule has 2 saturated heterocycles. The van der Waals surface area contributed by atoms with Crippen LogP contribution in [0.5, 0.6) is 0 Å². The van der Waals surface area contributed by atoms with Crippen molar-refractivity contribution < 1.29 is 14.4 Å². The molecule has 2 aromatic rings. The van der Waals surface area contributed by atoms with Crippen molar-refractivity contribution in [2.45, 2.75) is 69.9 Å². The van der Waals surface area contributed by atoms with E-state index in [0.717, 1.165) is 43.0 Å². The van der Waals surface area contributed by atoms with Crippen LogP contribution in [0.4, 0.5) is 0 Å². The van der Waals surface area contributed by atoms with Gasteiger partial charge in [0.25, 0.3) is 5.91 Å². The zero-order chi connectivity index (χ0) is 25.3. The van der Waals surface area contributed by atoms with Crippen LogP contribution in [-0.2, 0) is 9.59 Å². The summed E-state index contributed by atoms with van der Waals surface area (Å²) in [6.07, 6.45) is 7.81. The summed E-state index contributed by atoms with van der Waals surface area (Å²) in [6, 6.07) is 7.96. The number of rotatable bonds is 5. The first-order chi connectivity index (χ1) is 17.4. The highest BCUT2D eigenvalue weighted by atomic mass is 35.5. The van der Waals surface area contributed by atoms with Crippen molar-refractivity contribution in [3.05, 3.63) is 35.0 Å². The van der Waals surface area contributed by atoms with Crippen LogP contribution in [0.15, 0.2) is 24.3 Å². The fourth-order valence-electron chi connectivity index (χ4n) is 6.29. The van der Waals surface area contributed by atoms with Crippen LogP contribution in [-0.4, -0.2) is 52.8 Å². The van der Waals surface area contributed by atoms with Gasteiger partial charge in [-0.05, 0) is 62.1 Å². The molecule has 1 aromatic heterocycles. The van der Waals surface area contributed by atoms with Gasteiger partial charge < -0.3 is 20.5 Å². The summed E-state index contributed by atoms with van der Waals surface area (Å²) in [4.78, 5) is 44.3. The number of fused-ring (bicyclic) bond motifs is 1. The fourth-order valence-corrected chi connectivity index (χ4v) is 6.47. The van der Waals surface area contributed by atoms with Crippen LogP contribution < -0.4 is 10.6 Å². The van der Waals surface area contributed by atoms with E-state index in [4.69, 9.17) is 11.6 Å². The summed E-state index contributed by atoms with van der Waals surface area (Å²) < 4.78 is 0. The predicted octanol–water partition coefficient (Wildman–Crippen LogP) is 3.91. The third kappa shape index (κ3) is 4.94. The van der Waals surface area contributed by atoms with E-state index >= 15 is 0 Å². The Morgan fingerprint density at radius 3 is 2.78 bits per heavy atom. The summed E-state index contributed by atoms with van der Waals surface area (Å²) >= 11 is 6.12. The van der Waals surface area contributed by atoms with Gasteiger partial charge in [-0.1, -0.05) is 36.9 Å². The first-order valence-corrected chi connectivity index (χ1v) is 13.3. The largest absolute Gasteiger partial charge is 0.356 e. The normalized spacial score (nSPS) is 24.3. The van der Waals surface area contributed by atoms with E-state index in [1.807, 2.05) is 6.07 Å². The molecule has 3 atom stereocenters. The average Bonchev–Trinajstić information content (AvgIpc) is 3.46. The number of benzene rings is 1. The number of nitrogens with one attached hydrogen (secondary N) is 3. The number of H-pyrrole nitrogens is 1. The number of hydrogen-bond acceptors (Lipinski definition) is 4. The number of amides is 3. The lowest BCUT2D eigenvalue weighted by Gasteiger charge is -2.32. The molecule has 0 radical (unpaired) electrons. The number of carbonyl (C=O) groups excluding carboxylic acids is 3. The first-order valence-electron chi connectivity index (χ1n) is 12.9. The van der Waals surface area contributed by atoms with Gasteiger partial charge in [0.2, 0.25) is 11.8 Å². The van der Waals surface area contributed by atoms with Gasteiger partial charge >= 0.3 is 0 Å². The highest BCUT2D eigenvalue weighted by Crippen LogP contribution is 2.46. The molecular formula is C27H32ClN5O3. The number of aromatic nitrogens is 1. The average molecular weight is 510 g/mol. The molecule has 3 fully saturated rings. The van der Waals surface area contributed by atoms with Crippen molar-refractivity contribution in [1.82, 2.24) is 20.5 Å². The molecule has 3 aliphatic rings. The second-order valence-corrected chi connectivity index (χ2v) is 11.1. The Labute approximate surface area is 215 Å². The number of hydrogen-bond donors (Lipinski definition) is 3. The van der Waals surface area contributed by atoms with E-state index < -0.39 is 12.1 Å². The van der Waals surface area contributed by atoms with E-state index in [0.29, 0.717) is 36.6 Å². The molecule has 1 saturated carbocycles. The number of nitrogens with zero attached hydrogens (tertiary/aromatic N) is 2. The fraction of sp³-hybridized carbons (Fsp3) is 0.556. The van der Waals surface area contributed by atoms with Crippen molar-refractivity contribution in [2.75, 3.05) is 13.1 Å². The van der Waals surface area contributed by atoms with E-state index in [2.05, 4.69) is 21.7 Å². The quantitative estimate of drug-likeness (QED) is 0.566. The molecule has 1 spiro atoms. The Bertz CT molecular complexity index is 1210. The smallest absolute Gasteiger partial charge is 0.271 e. The molecule has 5 rings (SSSR count). The van der Waals surface area contributed by atoms with E-state index in [1.165, 1.54) is 6.42 Å². The first kappa shape index (κ1) is 24.6. The lowest BCUT2D eigenvalue weighted by molar-refractivity contribution is -0.128. The maximum Gasteiger partial charge on any atom is 0.271 e. The van der Waals surface area contributed by atoms with Crippen molar-refractivity contribution >= 4 is 40.2 Å². The maximum absolute atomic E-state index is 13.7. The zero-order valence-electron chi connectivity index (χ0n) is 20.3. The van der Waals surface area contributed by atoms with Gasteiger partial charge in [-0.2, -0.15) is 5.26 Å². The lowest BCUT2D eigenvalue weighted by atomic mass is 9.72. The summed E-state index contributed by atoms with van der Waals surface area (Å²) in [6.45, 7) is 1.18. The molecule has 0 bridgehead atoms. The third-order valence-electron chi connectivity index (χ3n) is 8.19. The molecule has 190 valence electrons. The van der Waals surface area contributed by atoms with Crippen LogP contribution in [0.1, 0.15) is 68.3 Å². The summed E-state index contributed by atoms with van der Waals surface area (Å²) in [5, 5.41) is 16.9. The van der Waals surface area contributed by atoms with Gasteiger partial charge in [0.1, 0.15) is 17.8 Å². The highest BCUT2D eigenvalue weighted by Gasteiger charge is 2.49. The molecular weight excluding hydrogens is 478 g/mol. The number of aromatic amines is 1. The monoisotopic (exact) mass is 509 g/mol. The van der Waals surface area contributed by atoms with Gasteiger partial charge in [0.05, 0.1) is 6.07 Å². The van der Waals surface area contributed by atoms with Gasteiger partial charge in [-0.25, -0.2) is 0 Å².